The van der Waals surface area contributed by atoms with Gasteiger partial charge in [-0.1, -0.05) is 6.92 Å². The molecule has 0 amide bonds. The molecule has 1 fully saturated rings. The van der Waals surface area contributed by atoms with Gasteiger partial charge in [0.25, 0.3) is 0 Å². The van der Waals surface area contributed by atoms with Gasteiger partial charge in [-0.25, -0.2) is 4.39 Å². The zero-order chi connectivity index (χ0) is 13.8. The first-order valence-corrected chi connectivity index (χ1v) is 6.73. The summed E-state index contributed by atoms with van der Waals surface area (Å²) in [5.41, 5.74) is 0.506. The molecule has 1 aromatic heterocycles. The molecule has 0 aromatic carbocycles. The topological polar surface area (TPSA) is 56.6 Å². The van der Waals surface area contributed by atoms with E-state index >= 15 is 0 Å². The number of hydrogen-bond acceptors (Lipinski definition) is 4. The van der Waals surface area contributed by atoms with Gasteiger partial charge in [0, 0.05) is 25.6 Å². The molecule has 1 aromatic rings. The van der Waals surface area contributed by atoms with Gasteiger partial charge in [0.05, 0.1) is 18.0 Å². The van der Waals surface area contributed by atoms with Crippen molar-refractivity contribution in [2.24, 2.45) is 11.8 Å². The van der Waals surface area contributed by atoms with Crippen LogP contribution in [0.5, 0.6) is 0 Å². The van der Waals surface area contributed by atoms with Crippen molar-refractivity contribution < 1.29 is 14.6 Å². The summed E-state index contributed by atoms with van der Waals surface area (Å²) in [6.45, 7) is 4.79. The van der Waals surface area contributed by atoms with Gasteiger partial charge >= 0.3 is 0 Å². The Hall–Kier alpha value is -1.04. The minimum absolute atomic E-state index is 0.0235. The second kappa shape index (κ2) is 6.41. The van der Waals surface area contributed by atoms with Crippen molar-refractivity contribution in [1.82, 2.24) is 9.88 Å². The van der Waals surface area contributed by atoms with E-state index in [9.17, 15) is 9.50 Å². The van der Waals surface area contributed by atoms with Crippen LogP contribution in [0.2, 0.25) is 0 Å². The largest absolute Gasteiger partial charge is 0.396 e. The molecular weight excluding hydrogens is 247 g/mol. The van der Waals surface area contributed by atoms with Crippen LogP contribution < -0.4 is 0 Å². The maximum atomic E-state index is 12.8. The predicted molar refractivity (Wildman–Crippen MR) is 70.0 cm³/mol. The van der Waals surface area contributed by atoms with E-state index in [4.69, 9.17) is 5.11 Å². The van der Waals surface area contributed by atoms with Crippen molar-refractivity contribution in [3.05, 3.63) is 29.8 Å². The van der Waals surface area contributed by atoms with Gasteiger partial charge in [-0.2, -0.15) is 0 Å². The molecule has 3 unspecified atom stereocenters. The number of aliphatic hydroxyl groups is 2. The van der Waals surface area contributed by atoms with E-state index in [2.05, 4.69) is 9.88 Å². The van der Waals surface area contributed by atoms with Crippen molar-refractivity contribution in [2.45, 2.75) is 19.4 Å². The summed E-state index contributed by atoms with van der Waals surface area (Å²) in [7, 11) is 0. The maximum Gasteiger partial charge on any atom is 0.141 e. The van der Waals surface area contributed by atoms with Gasteiger partial charge < -0.3 is 15.1 Å². The van der Waals surface area contributed by atoms with E-state index in [1.807, 2.05) is 6.92 Å². The number of aromatic nitrogens is 1. The third kappa shape index (κ3) is 3.72. The standard InChI is InChI=1S/C14H21FN2O2/c1-10(7-17-5-4-11(8-17)9-18)14(19)13-3-2-12(15)6-16-13/h2-3,6,10-11,14,18-19H,4-5,7-9H2,1H3. The summed E-state index contributed by atoms with van der Waals surface area (Å²) in [6, 6.07) is 2.84. The fourth-order valence-corrected chi connectivity index (χ4v) is 2.59. The normalized spacial score (nSPS) is 23.5. The Kier molecular flexibility index (Phi) is 4.85. The number of hydrogen-bond donors (Lipinski definition) is 2. The molecule has 3 atom stereocenters. The lowest BCUT2D eigenvalue weighted by Crippen LogP contribution is -2.30. The fraction of sp³-hybridized carbons (Fsp3) is 0.643. The third-order valence-corrected chi connectivity index (χ3v) is 3.77. The van der Waals surface area contributed by atoms with Crippen LogP contribution in [0.3, 0.4) is 0 Å². The first kappa shape index (κ1) is 14.4. The SMILES string of the molecule is CC(CN1CCC(CO)C1)C(O)c1ccc(F)cn1. The van der Waals surface area contributed by atoms with Gasteiger partial charge in [0.2, 0.25) is 0 Å². The number of aliphatic hydroxyl groups excluding tert-OH is 2. The van der Waals surface area contributed by atoms with E-state index in [1.165, 1.54) is 12.1 Å². The third-order valence-electron chi connectivity index (χ3n) is 3.77. The highest BCUT2D eigenvalue weighted by molar-refractivity contribution is 5.09. The van der Waals surface area contributed by atoms with Crippen LogP contribution in [0, 0.1) is 17.7 Å². The minimum atomic E-state index is -0.686. The summed E-state index contributed by atoms with van der Waals surface area (Å²) >= 11 is 0. The van der Waals surface area contributed by atoms with Gasteiger partial charge in [0.1, 0.15) is 5.82 Å². The van der Waals surface area contributed by atoms with Crippen molar-refractivity contribution in [2.75, 3.05) is 26.2 Å². The van der Waals surface area contributed by atoms with Crippen molar-refractivity contribution in [1.29, 1.82) is 0 Å². The summed E-state index contributed by atoms with van der Waals surface area (Å²) in [5.74, 6) is -0.0161. The minimum Gasteiger partial charge on any atom is -0.396 e. The number of rotatable bonds is 5. The predicted octanol–water partition coefficient (Wildman–Crippen LogP) is 1.20. The molecule has 2 rings (SSSR count). The molecule has 1 saturated heterocycles. The van der Waals surface area contributed by atoms with Crippen LogP contribution >= 0.6 is 0 Å². The summed E-state index contributed by atoms with van der Waals surface area (Å²) in [5, 5.41) is 19.3. The lowest BCUT2D eigenvalue weighted by molar-refractivity contribution is 0.0889. The molecule has 0 saturated carbocycles. The molecule has 4 nitrogen and oxygen atoms in total. The van der Waals surface area contributed by atoms with E-state index in [0.29, 0.717) is 11.6 Å². The van der Waals surface area contributed by atoms with Gasteiger partial charge in [-0.05, 0) is 31.0 Å². The van der Waals surface area contributed by atoms with E-state index < -0.39 is 11.9 Å². The maximum absolute atomic E-state index is 12.8. The van der Waals surface area contributed by atoms with Crippen molar-refractivity contribution >= 4 is 0 Å². The first-order chi connectivity index (χ1) is 9.10. The van der Waals surface area contributed by atoms with Gasteiger partial charge in [0.15, 0.2) is 0 Å². The lowest BCUT2D eigenvalue weighted by atomic mass is 10.0. The van der Waals surface area contributed by atoms with Crippen LogP contribution in [0.4, 0.5) is 4.39 Å². The molecule has 2 heterocycles. The zero-order valence-corrected chi connectivity index (χ0v) is 11.2. The highest BCUT2D eigenvalue weighted by Crippen LogP contribution is 2.24. The second-order valence-electron chi connectivity index (χ2n) is 5.42. The highest BCUT2D eigenvalue weighted by atomic mass is 19.1. The molecule has 19 heavy (non-hydrogen) atoms. The molecule has 2 N–H and O–H groups in total. The Morgan fingerprint density at radius 3 is 2.89 bits per heavy atom. The number of halogens is 1. The lowest BCUT2D eigenvalue weighted by Gasteiger charge is -2.24. The Morgan fingerprint density at radius 1 is 1.53 bits per heavy atom. The number of nitrogens with zero attached hydrogens (tertiary/aromatic N) is 2. The van der Waals surface area contributed by atoms with Crippen LogP contribution in [-0.4, -0.2) is 46.3 Å². The van der Waals surface area contributed by atoms with Crippen LogP contribution in [-0.2, 0) is 0 Å². The van der Waals surface area contributed by atoms with Crippen molar-refractivity contribution in [3.63, 3.8) is 0 Å². The fourth-order valence-electron chi connectivity index (χ4n) is 2.59. The number of likely N-dealkylation sites (tertiary alicyclic amines) is 1. The first-order valence-electron chi connectivity index (χ1n) is 6.73. The second-order valence-corrected chi connectivity index (χ2v) is 5.42. The quantitative estimate of drug-likeness (QED) is 0.842. The van der Waals surface area contributed by atoms with Gasteiger partial charge in [-0.3, -0.25) is 4.98 Å². The van der Waals surface area contributed by atoms with Crippen LogP contribution in [0.25, 0.3) is 0 Å². The highest BCUT2D eigenvalue weighted by Gasteiger charge is 2.26. The average Bonchev–Trinajstić information content (AvgIpc) is 2.86. The molecule has 0 radical (unpaired) electrons. The molecule has 0 bridgehead atoms. The molecule has 5 heteroatoms. The Morgan fingerprint density at radius 2 is 2.32 bits per heavy atom. The van der Waals surface area contributed by atoms with Crippen molar-refractivity contribution in [3.8, 4) is 0 Å². The van der Waals surface area contributed by atoms with Crippen LogP contribution in [0.15, 0.2) is 18.3 Å². The van der Waals surface area contributed by atoms with E-state index in [1.54, 1.807) is 0 Å². The Balaban J connectivity index is 1.89. The number of pyridine rings is 1. The molecule has 1 aliphatic heterocycles. The summed E-state index contributed by atoms with van der Waals surface area (Å²) < 4.78 is 12.8. The van der Waals surface area contributed by atoms with E-state index in [-0.39, 0.29) is 12.5 Å². The monoisotopic (exact) mass is 268 g/mol. The summed E-state index contributed by atoms with van der Waals surface area (Å²) in [6.07, 6.45) is 1.45. The molecule has 106 valence electrons. The van der Waals surface area contributed by atoms with Crippen LogP contribution in [0.1, 0.15) is 25.1 Å². The van der Waals surface area contributed by atoms with Gasteiger partial charge in [-0.15, -0.1) is 0 Å². The smallest absolute Gasteiger partial charge is 0.141 e. The Labute approximate surface area is 112 Å². The molecule has 1 aliphatic rings. The zero-order valence-electron chi connectivity index (χ0n) is 11.2. The Bertz CT molecular complexity index is 399. The molecule has 0 aliphatic carbocycles. The summed E-state index contributed by atoms with van der Waals surface area (Å²) in [4.78, 5) is 6.17. The average molecular weight is 268 g/mol. The van der Waals surface area contributed by atoms with E-state index in [0.717, 1.165) is 32.3 Å². The molecule has 0 spiro atoms. The molecular formula is C14H21FN2O2.